The molecule has 15 heavy (non-hydrogen) atoms. The number of rotatable bonds is 6. The Labute approximate surface area is 91.3 Å². The number of methoxy groups -OCH3 is 2. The summed E-state index contributed by atoms with van der Waals surface area (Å²) in [7, 11) is 3.07. The van der Waals surface area contributed by atoms with Crippen molar-refractivity contribution < 1.29 is 14.3 Å². The molecule has 0 fully saturated rings. The molecule has 0 bridgehead atoms. The Bertz CT molecular complexity index is 193. The third kappa shape index (κ3) is 4.59. The summed E-state index contributed by atoms with van der Waals surface area (Å²) in [6, 6.07) is -0.366. The Balaban J connectivity index is 4.16. The third-order valence-electron chi connectivity index (χ3n) is 2.45. The Hall–Kier alpha value is -0.650. The van der Waals surface area contributed by atoms with Crippen molar-refractivity contribution in [3.8, 4) is 0 Å². The predicted octanol–water partition coefficient (Wildman–Crippen LogP) is 0.0933. The number of ether oxygens (including phenoxy) is 2. The van der Waals surface area contributed by atoms with E-state index < -0.39 is 6.29 Å². The lowest BCUT2D eigenvalue weighted by atomic mass is 10.0. The number of nitrogens with one attached hydrogen (secondary N) is 1. The molecule has 3 unspecified atom stereocenters. The van der Waals surface area contributed by atoms with E-state index in [0.29, 0.717) is 0 Å². The Kier molecular flexibility index (Phi) is 6.47. The second-order valence-electron chi connectivity index (χ2n) is 3.78. The van der Waals surface area contributed by atoms with Crippen LogP contribution in [-0.4, -0.2) is 38.5 Å². The molecule has 0 saturated carbocycles. The molecule has 5 nitrogen and oxygen atoms in total. The first kappa shape index (κ1) is 14.3. The van der Waals surface area contributed by atoms with Crippen LogP contribution in [0.5, 0.6) is 0 Å². The fourth-order valence-electron chi connectivity index (χ4n) is 1.17. The highest BCUT2D eigenvalue weighted by Gasteiger charge is 2.22. The molecule has 0 aromatic carbocycles. The lowest BCUT2D eigenvalue weighted by molar-refractivity contribution is -0.138. The topological polar surface area (TPSA) is 73.6 Å². The molecule has 3 N–H and O–H groups in total. The monoisotopic (exact) mass is 218 g/mol. The number of carbonyl (C=O) groups excluding carboxylic acids is 1. The average Bonchev–Trinajstić information content (AvgIpc) is 2.18. The minimum atomic E-state index is -0.436. The van der Waals surface area contributed by atoms with Gasteiger partial charge in [0.1, 0.15) is 0 Å². The molecule has 0 aliphatic carbocycles. The fraction of sp³-hybridized carbons (Fsp3) is 0.900. The standard InChI is InChI=1S/C10H22N2O3/c1-6(7(2)11)9(13)12-8(3)10(14-4)15-5/h6-8,10H,11H2,1-5H3,(H,12,13). The second kappa shape index (κ2) is 6.76. The van der Waals surface area contributed by atoms with Gasteiger partial charge in [-0.1, -0.05) is 6.92 Å². The molecule has 90 valence electrons. The fourth-order valence-corrected chi connectivity index (χ4v) is 1.17. The number of amides is 1. The summed E-state index contributed by atoms with van der Waals surface area (Å²) in [6.07, 6.45) is -0.436. The highest BCUT2D eigenvalue weighted by molar-refractivity contribution is 5.79. The summed E-state index contributed by atoms with van der Waals surface area (Å²) in [5.41, 5.74) is 5.63. The maximum Gasteiger partial charge on any atom is 0.224 e. The molecule has 0 rings (SSSR count). The van der Waals surface area contributed by atoms with Gasteiger partial charge in [-0.25, -0.2) is 0 Å². The van der Waals surface area contributed by atoms with Crippen LogP contribution in [0.2, 0.25) is 0 Å². The summed E-state index contributed by atoms with van der Waals surface area (Å²) in [5, 5.41) is 2.79. The molecular weight excluding hydrogens is 196 g/mol. The van der Waals surface area contributed by atoms with Gasteiger partial charge in [0.25, 0.3) is 0 Å². The van der Waals surface area contributed by atoms with Crippen molar-refractivity contribution in [1.82, 2.24) is 5.32 Å². The summed E-state index contributed by atoms with van der Waals surface area (Å²) in [5.74, 6) is -0.307. The van der Waals surface area contributed by atoms with Gasteiger partial charge in [-0.2, -0.15) is 0 Å². The number of hydrogen-bond acceptors (Lipinski definition) is 4. The normalized spacial score (nSPS) is 17.3. The van der Waals surface area contributed by atoms with Gasteiger partial charge in [-0.3, -0.25) is 4.79 Å². The van der Waals surface area contributed by atoms with Crippen LogP contribution < -0.4 is 11.1 Å². The smallest absolute Gasteiger partial charge is 0.224 e. The van der Waals surface area contributed by atoms with Gasteiger partial charge in [-0.05, 0) is 13.8 Å². The van der Waals surface area contributed by atoms with Gasteiger partial charge in [0, 0.05) is 26.2 Å². The van der Waals surface area contributed by atoms with Crippen LogP contribution in [0.4, 0.5) is 0 Å². The molecular formula is C10H22N2O3. The minimum Gasteiger partial charge on any atom is -0.354 e. The van der Waals surface area contributed by atoms with Crippen molar-refractivity contribution in [3.05, 3.63) is 0 Å². The second-order valence-corrected chi connectivity index (χ2v) is 3.78. The SMILES string of the molecule is COC(OC)C(C)NC(=O)C(C)C(C)N. The quantitative estimate of drug-likeness (QED) is 0.620. The van der Waals surface area contributed by atoms with Crippen molar-refractivity contribution in [2.24, 2.45) is 11.7 Å². The average molecular weight is 218 g/mol. The Morgan fingerprint density at radius 3 is 2.00 bits per heavy atom. The lowest BCUT2D eigenvalue weighted by Gasteiger charge is -2.24. The van der Waals surface area contributed by atoms with Crippen molar-refractivity contribution in [2.75, 3.05) is 14.2 Å². The third-order valence-corrected chi connectivity index (χ3v) is 2.45. The first-order chi connectivity index (χ1) is 6.93. The maximum absolute atomic E-state index is 11.6. The van der Waals surface area contributed by atoms with E-state index >= 15 is 0 Å². The highest BCUT2D eigenvalue weighted by Crippen LogP contribution is 2.03. The Morgan fingerprint density at radius 2 is 1.67 bits per heavy atom. The molecule has 0 aliphatic rings. The Morgan fingerprint density at radius 1 is 1.20 bits per heavy atom. The molecule has 0 heterocycles. The van der Waals surface area contributed by atoms with Crippen molar-refractivity contribution >= 4 is 5.91 Å². The van der Waals surface area contributed by atoms with Crippen LogP contribution in [0.25, 0.3) is 0 Å². The van der Waals surface area contributed by atoms with Crippen LogP contribution in [-0.2, 0) is 14.3 Å². The largest absolute Gasteiger partial charge is 0.354 e. The zero-order valence-corrected chi connectivity index (χ0v) is 10.1. The molecule has 0 radical (unpaired) electrons. The summed E-state index contributed by atoms with van der Waals surface area (Å²) < 4.78 is 10.1. The van der Waals surface area contributed by atoms with E-state index in [1.807, 2.05) is 6.92 Å². The van der Waals surface area contributed by atoms with Crippen molar-refractivity contribution in [3.63, 3.8) is 0 Å². The highest BCUT2D eigenvalue weighted by atomic mass is 16.7. The minimum absolute atomic E-state index is 0.0865. The number of carbonyl (C=O) groups is 1. The molecule has 0 aromatic heterocycles. The zero-order chi connectivity index (χ0) is 12.0. The first-order valence-corrected chi connectivity index (χ1v) is 5.05. The molecule has 3 atom stereocenters. The summed E-state index contributed by atoms with van der Waals surface area (Å²) in [4.78, 5) is 11.6. The number of nitrogens with two attached hydrogens (primary N) is 1. The zero-order valence-electron chi connectivity index (χ0n) is 10.1. The van der Waals surface area contributed by atoms with Crippen LogP contribution in [0.1, 0.15) is 20.8 Å². The van der Waals surface area contributed by atoms with Crippen LogP contribution in [0, 0.1) is 5.92 Å². The molecule has 0 spiro atoms. The van der Waals surface area contributed by atoms with Gasteiger partial charge in [0.2, 0.25) is 5.91 Å². The number of hydrogen-bond donors (Lipinski definition) is 2. The van der Waals surface area contributed by atoms with Gasteiger partial charge >= 0.3 is 0 Å². The van der Waals surface area contributed by atoms with E-state index in [1.54, 1.807) is 13.8 Å². The van der Waals surface area contributed by atoms with Crippen molar-refractivity contribution in [1.29, 1.82) is 0 Å². The van der Waals surface area contributed by atoms with E-state index in [9.17, 15) is 4.79 Å². The first-order valence-electron chi connectivity index (χ1n) is 5.05. The molecule has 0 aliphatic heterocycles. The van der Waals surface area contributed by atoms with E-state index in [-0.39, 0.29) is 23.9 Å². The molecule has 0 saturated heterocycles. The van der Waals surface area contributed by atoms with Gasteiger partial charge in [0.05, 0.1) is 6.04 Å². The molecule has 5 heteroatoms. The molecule has 1 amide bonds. The van der Waals surface area contributed by atoms with E-state index in [2.05, 4.69) is 5.32 Å². The van der Waals surface area contributed by atoms with Gasteiger partial charge in [-0.15, -0.1) is 0 Å². The van der Waals surface area contributed by atoms with Crippen LogP contribution in [0.3, 0.4) is 0 Å². The van der Waals surface area contributed by atoms with Crippen LogP contribution >= 0.6 is 0 Å². The van der Waals surface area contributed by atoms with E-state index in [1.165, 1.54) is 14.2 Å². The molecule has 0 aromatic rings. The van der Waals surface area contributed by atoms with Gasteiger partial charge < -0.3 is 20.5 Å². The lowest BCUT2D eigenvalue weighted by Crippen LogP contribution is -2.47. The maximum atomic E-state index is 11.6. The summed E-state index contributed by atoms with van der Waals surface area (Å²) in [6.45, 7) is 5.42. The van der Waals surface area contributed by atoms with Crippen molar-refractivity contribution in [2.45, 2.75) is 39.1 Å². The van der Waals surface area contributed by atoms with E-state index in [4.69, 9.17) is 15.2 Å². The predicted molar refractivity (Wildman–Crippen MR) is 58.2 cm³/mol. The summed E-state index contributed by atoms with van der Waals surface area (Å²) >= 11 is 0. The van der Waals surface area contributed by atoms with E-state index in [0.717, 1.165) is 0 Å². The van der Waals surface area contributed by atoms with Crippen LogP contribution in [0.15, 0.2) is 0 Å². The van der Waals surface area contributed by atoms with Gasteiger partial charge in [0.15, 0.2) is 6.29 Å².